The first-order valence-electron chi connectivity index (χ1n) is 7.61. The summed E-state index contributed by atoms with van der Waals surface area (Å²) >= 11 is 6.03. The van der Waals surface area contributed by atoms with E-state index in [4.69, 9.17) is 11.6 Å². The molecule has 0 bridgehead atoms. The Morgan fingerprint density at radius 3 is 2.78 bits per heavy atom. The van der Waals surface area contributed by atoms with Crippen LogP contribution in [0.5, 0.6) is 0 Å². The highest BCUT2D eigenvalue weighted by atomic mass is 35.5. The largest absolute Gasteiger partial charge is 0.350 e. The third-order valence-electron chi connectivity index (χ3n) is 4.48. The minimum absolute atomic E-state index is 0.0533. The SMILES string of the molecule is CCN(C(=O)c1[nH]c2ccc(Cl)cc2c1C)C1CCS(=O)(=O)C1. The van der Waals surface area contributed by atoms with Crippen LogP contribution in [0.25, 0.3) is 10.9 Å². The summed E-state index contributed by atoms with van der Waals surface area (Å²) in [4.78, 5) is 17.7. The van der Waals surface area contributed by atoms with Crippen molar-refractivity contribution in [2.45, 2.75) is 26.3 Å². The van der Waals surface area contributed by atoms with Gasteiger partial charge in [-0.1, -0.05) is 11.6 Å². The molecule has 124 valence electrons. The minimum Gasteiger partial charge on any atom is -0.350 e. The fourth-order valence-corrected chi connectivity index (χ4v) is 5.15. The van der Waals surface area contributed by atoms with Gasteiger partial charge in [-0.2, -0.15) is 0 Å². The van der Waals surface area contributed by atoms with Crippen LogP contribution in [0.1, 0.15) is 29.4 Å². The van der Waals surface area contributed by atoms with E-state index in [1.807, 2.05) is 26.0 Å². The van der Waals surface area contributed by atoms with Crippen LogP contribution in [-0.4, -0.2) is 48.3 Å². The van der Waals surface area contributed by atoms with Gasteiger partial charge in [-0.3, -0.25) is 4.79 Å². The number of fused-ring (bicyclic) bond motifs is 1. The number of carbonyl (C=O) groups excluding carboxylic acids is 1. The van der Waals surface area contributed by atoms with E-state index >= 15 is 0 Å². The Bertz CT molecular complexity index is 873. The molecule has 7 heteroatoms. The Morgan fingerprint density at radius 1 is 1.43 bits per heavy atom. The number of amides is 1. The molecule has 1 aliphatic heterocycles. The number of aromatic nitrogens is 1. The second-order valence-corrected chi connectivity index (χ2v) is 8.63. The van der Waals surface area contributed by atoms with Crippen LogP contribution >= 0.6 is 11.6 Å². The first kappa shape index (κ1) is 16.3. The van der Waals surface area contributed by atoms with E-state index in [2.05, 4.69) is 4.98 Å². The molecule has 1 fully saturated rings. The number of aromatic amines is 1. The maximum absolute atomic E-state index is 12.9. The summed E-state index contributed by atoms with van der Waals surface area (Å²) < 4.78 is 23.4. The third-order valence-corrected chi connectivity index (χ3v) is 6.47. The lowest BCUT2D eigenvalue weighted by Crippen LogP contribution is -2.41. The minimum atomic E-state index is -3.03. The van der Waals surface area contributed by atoms with Crippen LogP contribution in [0.15, 0.2) is 18.2 Å². The number of halogens is 1. The van der Waals surface area contributed by atoms with Gasteiger partial charge in [0.1, 0.15) is 5.69 Å². The molecular weight excluding hydrogens is 336 g/mol. The zero-order valence-electron chi connectivity index (χ0n) is 13.1. The van der Waals surface area contributed by atoms with E-state index in [1.165, 1.54) is 0 Å². The number of benzene rings is 1. The van der Waals surface area contributed by atoms with Crippen molar-refractivity contribution < 1.29 is 13.2 Å². The Morgan fingerprint density at radius 2 is 2.17 bits per heavy atom. The zero-order chi connectivity index (χ0) is 16.8. The monoisotopic (exact) mass is 354 g/mol. The highest BCUT2D eigenvalue weighted by molar-refractivity contribution is 7.91. The fraction of sp³-hybridized carbons (Fsp3) is 0.438. The van der Waals surface area contributed by atoms with Crippen LogP contribution in [0.2, 0.25) is 5.02 Å². The number of hydrogen-bond acceptors (Lipinski definition) is 3. The molecule has 1 atom stereocenters. The van der Waals surface area contributed by atoms with Crippen molar-refractivity contribution in [3.8, 4) is 0 Å². The summed E-state index contributed by atoms with van der Waals surface area (Å²) in [5.74, 6) is 0.0554. The van der Waals surface area contributed by atoms with E-state index in [0.29, 0.717) is 23.7 Å². The van der Waals surface area contributed by atoms with Crippen molar-refractivity contribution in [1.29, 1.82) is 0 Å². The van der Waals surface area contributed by atoms with Gasteiger partial charge in [0.15, 0.2) is 9.84 Å². The lowest BCUT2D eigenvalue weighted by molar-refractivity contribution is 0.0702. The molecular formula is C16H19ClN2O3S. The molecule has 2 heterocycles. The number of rotatable bonds is 3. The van der Waals surface area contributed by atoms with E-state index in [1.54, 1.807) is 11.0 Å². The molecule has 2 aromatic rings. The van der Waals surface area contributed by atoms with Gasteiger partial charge in [0, 0.05) is 28.5 Å². The number of nitrogens with one attached hydrogen (secondary N) is 1. The van der Waals surface area contributed by atoms with Crippen LogP contribution in [0, 0.1) is 6.92 Å². The molecule has 23 heavy (non-hydrogen) atoms. The summed E-state index contributed by atoms with van der Waals surface area (Å²) in [7, 11) is -3.03. The van der Waals surface area contributed by atoms with Gasteiger partial charge in [-0.05, 0) is 44.0 Å². The van der Waals surface area contributed by atoms with Crippen molar-refractivity contribution in [2.75, 3.05) is 18.1 Å². The quantitative estimate of drug-likeness (QED) is 0.921. The molecule has 0 radical (unpaired) electrons. The number of hydrogen-bond donors (Lipinski definition) is 1. The average molecular weight is 355 g/mol. The number of nitrogens with zero attached hydrogens (tertiary/aromatic N) is 1. The Hall–Kier alpha value is -1.53. The van der Waals surface area contributed by atoms with E-state index in [-0.39, 0.29) is 23.5 Å². The summed E-state index contributed by atoms with van der Waals surface area (Å²) in [6.45, 7) is 4.23. The zero-order valence-corrected chi connectivity index (χ0v) is 14.7. The number of aryl methyl sites for hydroxylation is 1. The van der Waals surface area contributed by atoms with Crippen LogP contribution in [0.4, 0.5) is 0 Å². The normalized spacial score (nSPS) is 20.0. The van der Waals surface area contributed by atoms with Gasteiger partial charge in [0.25, 0.3) is 5.91 Å². The summed E-state index contributed by atoms with van der Waals surface area (Å²) in [6.07, 6.45) is 0.507. The maximum atomic E-state index is 12.9. The predicted molar refractivity (Wildman–Crippen MR) is 91.8 cm³/mol. The standard InChI is InChI=1S/C16H19ClN2O3S/c1-3-19(12-6-7-23(21,22)9-12)16(20)15-10(2)13-8-11(17)4-5-14(13)18-15/h4-5,8,12,18H,3,6-7,9H2,1-2H3. The third kappa shape index (κ3) is 2.97. The average Bonchev–Trinajstić information content (AvgIpc) is 3.00. The summed E-state index contributed by atoms with van der Waals surface area (Å²) in [5, 5.41) is 1.53. The fourth-order valence-electron chi connectivity index (χ4n) is 3.25. The van der Waals surface area contributed by atoms with E-state index in [0.717, 1.165) is 16.5 Å². The van der Waals surface area contributed by atoms with Crippen LogP contribution in [-0.2, 0) is 9.84 Å². The second kappa shape index (κ2) is 5.83. The van der Waals surface area contributed by atoms with Crippen LogP contribution < -0.4 is 0 Å². The molecule has 3 rings (SSSR count). The number of H-pyrrole nitrogens is 1. The van der Waals surface area contributed by atoms with Gasteiger partial charge in [-0.15, -0.1) is 0 Å². The molecule has 1 aliphatic rings. The van der Waals surface area contributed by atoms with Crippen LogP contribution in [0.3, 0.4) is 0 Å². The van der Waals surface area contributed by atoms with Gasteiger partial charge < -0.3 is 9.88 Å². The first-order valence-corrected chi connectivity index (χ1v) is 9.81. The van der Waals surface area contributed by atoms with E-state index < -0.39 is 9.84 Å². The van der Waals surface area contributed by atoms with Gasteiger partial charge >= 0.3 is 0 Å². The molecule has 1 aromatic carbocycles. The molecule has 5 nitrogen and oxygen atoms in total. The number of carbonyl (C=O) groups is 1. The van der Waals surface area contributed by atoms with Gasteiger partial charge in [0.2, 0.25) is 0 Å². The smallest absolute Gasteiger partial charge is 0.270 e. The van der Waals surface area contributed by atoms with Crippen molar-refractivity contribution in [3.63, 3.8) is 0 Å². The molecule has 1 aromatic heterocycles. The molecule has 0 aliphatic carbocycles. The molecule has 0 saturated carbocycles. The molecule has 1 amide bonds. The lowest BCUT2D eigenvalue weighted by Gasteiger charge is -2.26. The van der Waals surface area contributed by atoms with Crippen molar-refractivity contribution in [2.24, 2.45) is 0 Å². The number of sulfone groups is 1. The lowest BCUT2D eigenvalue weighted by atomic mass is 10.1. The topological polar surface area (TPSA) is 70.2 Å². The Kier molecular flexibility index (Phi) is 4.14. The summed E-state index contributed by atoms with van der Waals surface area (Å²) in [6, 6.07) is 5.20. The highest BCUT2D eigenvalue weighted by Crippen LogP contribution is 2.27. The predicted octanol–water partition coefficient (Wildman–Crippen LogP) is 2.78. The van der Waals surface area contributed by atoms with Gasteiger partial charge in [0.05, 0.1) is 11.5 Å². The highest BCUT2D eigenvalue weighted by Gasteiger charge is 2.35. The molecule has 1 N–H and O–H groups in total. The maximum Gasteiger partial charge on any atom is 0.270 e. The molecule has 1 unspecified atom stereocenters. The molecule has 1 saturated heterocycles. The summed E-state index contributed by atoms with van der Waals surface area (Å²) in [5.41, 5.74) is 2.20. The molecule has 0 spiro atoms. The Balaban J connectivity index is 1.97. The second-order valence-electron chi connectivity index (χ2n) is 5.96. The first-order chi connectivity index (χ1) is 10.8. The van der Waals surface area contributed by atoms with Crippen molar-refractivity contribution in [1.82, 2.24) is 9.88 Å². The van der Waals surface area contributed by atoms with E-state index in [9.17, 15) is 13.2 Å². The van der Waals surface area contributed by atoms with Crippen molar-refractivity contribution in [3.05, 3.63) is 34.5 Å². The Labute approximate surface area is 140 Å². The van der Waals surface area contributed by atoms with Gasteiger partial charge in [-0.25, -0.2) is 8.42 Å². The van der Waals surface area contributed by atoms with Crippen molar-refractivity contribution >= 4 is 38.2 Å².